The van der Waals surface area contributed by atoms with Gasteiger partial charge in [-0.3, -0.25) is 4.79 Å². The summed E-state index contributed by atoms with van der Waals surface area (Å²) in [5, 5.41) is 9.18. The third-order valence-electron chi connectivity index (χ3n) is 3.15. The highest BCUT2D eigenvalue weighted by atomic mass is 127. The van der Waals surface area contributed by atoms with Gasteiger partial charge >= 0.3 is 5.97 Å². The predicted octanol–water partition coefficient (Wildman–Crippen LogP) is 2.37. The van der Waals surface area contributed by atoms with E-state index in [2.05, 4.69) is 22.6 Å². The topological polar surface area (TPSA) is 57.6 Å². The lowest BCUT2D eigenvalue weighted by molar-refractivity contribution is -0.143. The molecule has 1 atom stereocenters. The molecular formula is C13H14INO3. The molecule has 0 aromatic heterocycles. The molecule has 0 radical (unpaired) electrons. The number of likely N-dealkylation sites (tertiary alicyclic amines) is 1. The third-order valence-corrected chi connectivity index (χ3v) is 4.09. The van der Waals surface area contributed by atoms with Gasteiger partial charge < -0.3 is 10.0 Å². The summed E-state index contributed by atoms with van der Waals surface area (Å²) >= 11 is 2.10. The number of nitrogens with zero attached hydrogens (tertiary/aromatic N) is 1. The molecule has 4 nitrogen and oxygen atoms in total. The van der Waals surface area contributed by atoms with E-state index in [9.17, 15) is 14.7 Å². The van der Waals surface area contributed by atoms with Crippen LogP contribution in [-0.4, -0.2) is 34.5 Å². The molecule has 0 saturated carbocycles. The summed E-state index contributed by atoms with van der Waals surface area (Å²) < 4.78 is 0.856. The van der Waals surface area contributed by atoms with Crippen LogP contribution in [0.25, 0.3) is 0 Å². The van der Waals surface area contributed by atoms with Crippen LogP contribution < -0.4 is 0 Å². The van der Waals surface area contributed by atoms with Gasteiger partial charge in [0.05, 0.1) is 5.56 Å². The van der Waals surface area contributed by atoms with Crippen molar-refractivity contribution in [2.24, 2.45) is 0 Å². The Hall–Kier alpha value is -1.11. The summed E-state index contributed by atoms with van der Waals surface area (Å²) in [6, 6.07) is 6.59. The van der Waals surface area contributed by atoms with Crippen LogP contribution in [0.5, 0.6) is 0 Å². The van der Waals surface area contributed by atoms with Gasteiger partial charge in [0.2, 0.25) is 0 Å². The second kappa shape index (κ2) is 5.69. The average molecular weight is 359 g/mol. The van der Waals surface area contributed by atoms with Crippen LogP contribution in [0.2, 0.25) is 0 Å². The number of hydrogen-bond donors (Lipinski definition) is 1. The zero-order chi connectivity index (χ0) is 13.1. The molecular weight excluding hydrogens is 345 g/mol. The predicted molar refractivity (Wildman–Crippen MR) is 75.5 cm³/mol. The molecule has 1 heterocycles. The lowest BCUT2D eigenvalue weighted by Gasteiger charge is -2.33. The van der Waals surface area contributed by atoms with Crippen LogP contribution in [-0.2, 0) is 4.79 Å². The fourth-order valence-corrected chi connectivity index (χ4v) is 2.84. The number of carboxylic acids is 1. The minimum absolute atomic E-state index is 0.174. The average Bonchev–Trinajstić information content (AvgIpc) is 2.38. The lowest BCUT2D eigenvalue weighted by Crippen LogP contribution is -2.48. The number of carboxylic acid groups (broad SMARTS) is 1. The summed E-state index contributed by atoms with van der Waals surface area (Å²) in [6.45, 7) is 0.529. The van der Waals surface area contributed by atoms with Gasteiger partial charge in [-0.05, 0) is 54.0 Å². The first kappa shape index (κ1) is 13.3. The number of carbonyl (C=O) groups excluding carboxylic acids is 1. The smallest absolute Gasteiger partial charge is 0.326 e. The van der Waals surface area contributed by atoms with Crippen molar-refractivity contribution in [2.45, 2.75) is 25.3 Å². The van der Waals surface area contributed by atoms with Crippen LogP contribution in [0.1, 0.15) is 29.6 Å². The largest absolute Gasteiger partial charge is 0.480 e. The maximum absolute atomic E-state index is 12.4. The van der Waals surface area contributed by atoms with Gasteiger partial charge in [-0.25, -0.2) is 4.79 Å². The van der Waals surface area contributed by atoms with Gasteiger partial charge in [-0.1, -0.05) is 12.1 Å². The molecule has 0 bridgehead atoms. The van der Waals surface area contributed by atoms with Crippen molar-refractivity contribution in [3.05, 3.63) is 33.4 Å². The number of benzene rings is 1. The fraction of sp³-hybridized carbons (Fsp3) is 0.385. The Bertz CT molecular complexity index is 475. The van der Waals surface area contributed by atoms with E-state index in [1.165, 1.54) is 4.90 Å². The summed E-state index contributed by atoms with van der Waals surface area (Å²) in [5.74, 6) is -1.08. The monoisotopic (exact) mass is 359 g/mol. The molecule has 1 aromatic carbocycles. The van der Waals surface area contributed by atoms with Crippen LogP contribution >= 0.6 is 22.6 Å². The summed E-state index contributed by atoms with van der Waals surface area (Å²) in [6.07, 6.45) is 2.29. The Morgan fingerprint density at radius 1 is 1.28 bits per heavy atom. The standard InChI is InChI=1S/C13H14INO3/c14-10-6-2-1-5-9(10)12(16)15-8-4-3-7-11(15)13(17)18/h1-2,5-6,11H,3-4,7-8H2,(H,17,18)/t11-/m0/s1. The van der Waals surface area contributed by atoms with Crippen molar-refractivity contribution in [3.63, 3.8) is 0 Å². The normalized spacial score (nSPS) is 19.6. The third kappa shape index (κ3) is 2.66. The summed E-state index contributed by atoms with van der Waals surface area (Å²) in [5.41, 5.74) is 0.589. The number of halogens is 1. The number of aliphatic carboxylic acids is 1. The van der Waals surface area contributed by atoms with E-state index in [-0.39, 0.29) is 5.91 Å². The van der Waals surface area contributed by atoms with Crippen LogP contribution in [0.4, 0.5) is 0 Å². The highest BCUT2D eigenvalue weighted by Gasteiger charge is 2.32. The Kier molecular flexibility index (Phi) is 4.21. The first-order valence-electron chi connectivity index (χ1n) is 5.89. The molecule has 1 saturated heterocycles. The highest BCUT2D eigenvalue weighted by molar-refractivity contribution is 14.1. The Morgan fingerprint density at radius 3 is 2.67 bits per heavy atom. The molecule has 0 aliphatic carbocycles. The fourth-order valence-electron chi connectivity index (χ4n) is 2.22. The molecule has 0 spiro atoms. The van der Waals surface area contributed by atoms with E-state index < -0.39 is 12.0 Å². The molecule has 1 aromatic rings. The van der Waals surface area contributed by atoms with Crippen LogP contribution in [0.15, 0.2) is 24.3 Å². The molecule has 2 rings (SSSR count). The van der Waals surface area contributed by atoms with Crippen molar-refractivity contribution >= 4 is 34.5 Å². The number of rotatable bonds is 2. The molecule has 1 N–H and O–H groups in total. The van der Waals surface area contributed by atoms with E-state index in [1.807, 2.05) is 12.1 Å². The Labute approximate surface area is 119 Å². The van der Waals surface area contributed by atoms with Gasteiger partial charge in [0.25, 0.3) is 5.91 Å². The number of carbonyl (C=O) groups is 2. The van der Waals surface area contributed by atoms with Crippen molar-refractivity contribution in [2.75, 3.05) is 6.54 Å². The van der Waals surface area contributed by atoms with E-state index >= 15 is 0 Å². The van der Waals surface area contributed by atoms with E-state index in [0.29, 0.717) is 18.5 Å². The van der Waals surface area contributed by atoms with E-state index in [4.69, 9.17) is 0 Å². The molecule has 96 valence electrons. The van der Waals surface area contributed by atoms with Gasteiger partial charge in [-0.15, -0.1) is 0 Å². The van der Waals surface area contributed by atoms with Crippen molar-refractivity contribution in [1.29, 1.82) is 0 Å². The lowest BCUT2D eigenvalue weighted by atomic mass is 10.0. The first-order chi connectivity index (χ1) is 8.61. The Balaban J connectivity index is 2.27. The molecule has 18 heavy (non-hydrogen) atoms. The van der Waals surface area contributed by atoms with Crippen molar-refractivity contribution in [3.8, 4) is 0 Å². The van der Waals surface area contributed by atoms with Crippen molar-refractivity contribution in [1.82, 2.24) is 4.90 Å². The zero-order valence-electron chi connectivity index (χ0n) is 9.80. The van der Waals surface area contributed by atoms with Crippen molar-refractivity contribution < 1.29 is 14.7 Å². The van der Waals surface area contributed by atoms with Gasteiger partial charge in [-0.2, -0.15) is 0 Å². The second-order valence-electron chi connectivity index (χ2n) is 4.33. The number of piperidine rings is 1. The zero-order valence-corrected chi connectivity index (χ0v) is 12.0. The molecule has 1 fully saturated rings. The highest BCUT2D eigenvalue weighted by Crippen LogP contribution is 2.22. The molecule has 1 aliphatic rings. The molecule has 1 aliphatic heterocycles. The van der Waals surface area contributed by atoms with Gasteiger partial charge in [0.15, 0.2) is 0 Å². The summed E-state index contributed by atoms with van der Waals surface area (Å²) in [7, 11) is 0. The summed E-state index contributed by atoms with van der Waals surface area (Å²) in [4.78, 5) is 25.1. The molecule has 1 amide bonds. The number of amides is 1. The van der Waals surface area contributed by atoms with Gasteiger partial charge in [0.1, 0.15) is 6.04 Å². The maximum atomic E-state index is 12.4. The quantitative estimate of drug-likeness (QED) is 0.825. The molecule has 0 unspecified atom stereocenters. The SMILES string of the molecule is O=C(O)[C@@H]1CCCCN1C(=O)c1ccccc1I. The Morgan fingerprint density at radius 2 is 2.00 bits per heavy atom. The minimum atomic E-state index is -0.908. The van der Waals surface area contributed by atoms with Crippen LogP contribution in [0.3, 0.4) is 0 Å². The number of hydrogen-bond acceptors (Lipinski definition) is 2. The second-order valence-corrected chi connectivity index (χ2v) is 5.49. The van der Waals surface area contributed by atoms with E-state index in [0.717, 1.165) is 16.4 Å². The maximum Gasteiger partial charge on any atom is 0.326 e. The van der Waals surface area contributed by atoms with Gasteiger partial charge in [0, 0.05) is 10.1 Å². The molecule has 5 heteroatoms. The van der Waals surface area contributed by atoms with E-state index in [1.54, 1.807) is 12.1 Å². The first-order valence-corrected chi connectivity index (χ1v) is 6.97. The minimum Gasteiger partial charge on any atom is -0.480 e. The van der Waals surface area contributed by atoms with Crippen LogP contribution in [0, 0.1) is 3.57 Å².